The molecule has 4 rings (SSSR count). The molecule has 4 heteroatoms. The number of aromatic nitrogens is 2. The Bertz CT molecular complexity index is 908. The van der Waals surface area contributed by atoms with Crippen LogP contribution in [0.2, 0.25) is 0 Å². The molecule has 0 spiro atoms. The SMILES string of the molecule is Cc1ccc(-n2cc(CN(C)[C@@H]3CCOC3)c(-c3cccc(C)c3)n2)cc1. The van der Waals surface area contributed by atoms with Crippen LogP contribution in [0.3, 0.4) is 0 Å². The largest absolute Gasteiger partial charge is 0.380 e. The van der Waals surface area contributed by atoms with Gasteiger partial charge in [0.1, 0.15) is 0 Å². The third-order valence-corrected chi connectivity index (χ3v) is 5.33. The Morgan fingerprint density at radius 1 is 1.11 bits per heavy atom. The first-order valence-corrected chi connectivity index (χ1v) is 9.61. The van der Waals surface area contributed by atoms with Gasteiger partial charge in [0.15, 0.2) is 0 Å². The number of hydrogen-bond acceptors (Lipinski definition) is 3. The number of rotatable bonds is 5. The van der Waals surface area contributed by atoms with Gasteiger partial charge in [0.25, 0.3) is 0 Å². The maximum atomic E-state index is 5.57. The molecule has 1 fully saturated rings. The maximum Gasteiger partial charge on any atom is 0.0972 e. The zero-order valence-electron chi connectivity index (χ0n) is 16.4. The van der Waals surface area contributed by atoms with E-state index in [9.17, 15) is 0 Å². The van der Waals surface area contributed by atoms with Crippen molar-refractivity contribution < 1.29 is 4.74 Å². The van der Waals surface area contributed by atoms with Crippen LogP contribution in [0, 0.1) is 13.8 Å². The normalized spacial score (nSPS) is 17.0. The fourth-order valence-electron chi connectivity index (χ4n) is 3.66. The highest BCUT2D eigenvalue weighted by Crippen LogP contribution is 2.27. The Hall–Kier alpha value is -2.43. The predicted octanol–water partition coefficient (Wildman–Crippen LogP) is 4.38. The van der Waals surface area contributed by atoms with Gasteiger partial charge in [-0.3, -0.25) is 4.90 Å². The number of ether oxygens (including phenoxy) is 1. The van der Waals surface area contributed by atoms with Crippen LogP contribution in [0.1, 0.15) is 23.1 Å². The molecule has 0 unspecified atom stereocenters. The summed E-state index contributed by atoms with van der Waals surface area (Å²) in [5.74, 6) is 0. The van der Waals surface area contributed by atoms with E-state index in [4.69, 9.17) is 9.84 Å². The van der Waals surface area contributed by atoms with Crippen molar-refractivity contribution in [3.05, 3.63) is 71.4 Å². The molecule has 140 valence electrons. The summed E-state index contributed by atoms with van der Waals surface area (Å²) < 4.78 is 7.58. The number of aryl methyl sites for hydroxylation is 2. The minimum atomic E-state index is 0.484. The lowest BCUT2D eigenvalue weighted by molar-refractivity contribution is 0.156. The van der Waals surface area contributed by atoms with Crippen LogP contribution >= 0.6 is 0 Å². The molecule has 1 aromatic heterocycles. The zero-order valence-corrected chi connectivity index (χ0v) is 16.4. The van der Waals surface area contributed by atoms with Crippen LogP contribution in [0.4, 0.5) is 0 Å². The van der Waals surface area contributed by atoms with Crippen LogP contribution in [-0.4, -0.2) is 41.0 Å². The van der Waals surface area contributed by atoms with Gasteiger partial charge in [-0.15, -0.1) is 0 Å². The lowest BCUT2D eigenvalue weighted by Crippen LogP contribution is -2.31. The van der Waals surface area contributed by atoms with Crippen LogP contribution in [0.15, 0.2) is 54.7 Å². The Morgan fingerprint density at radius 2 is 1.93 bits per heavy atom. The van der Waals surface area contributed by atoms with E-state index >= 15 is 0 Å². The zero-order chi connectivity index (χ0) is 18.8. The molecule has 1 aliphatic heterocycles. The molecule has 3 aromatic rings. The monoisotopic (exact) mass is 361 g/mol. The molecule has 0 amide bonds. The van der Waals surface area contributed by atoms with Crippen LogP contribution in [0.25, 0.3) is 16.9 Å². The fraction of sp³-hybridized carbons (Fsp3) is 0.348. The Kier molecular flexibility index (Phi) is 5.10. The second kappa shape index (κ2) is 7.67. The molecule has 0 bridgehead atoms. The topological polar surface area (TPSA) is 30.3 Å². The highest BCUT2D eigenvalue weighted by Gasteiger charge is 2.22. The van der Waals surface area contributed by atoms with Gasteiger partial charge in [-0.2, -0.15) is 5.10 Å². The van der Waals surface area contributed by atoms with E-state index in [2.05, 4.69) is 80.5 Å². The van der Waals surface area contributed by atoms with E-state index in [1.165, 1.54) is 22.3 Å². The maximum absolute atomic E-state index is 5.57. The van der Waals surface area contributed by atoms with Crippen molar-refractivity contribution in [2.24, 2.45) is 0 Å². The molecule has 1 atom stereocenters. The first-order valence-electron chi connectivity index (χ1n) is 9.61. The molecular formula is C23H27N3O. The van der Waals surface area contributed by atoms with E-state index in [1.807, 2.05) is 4.68 Å². The van der Waals surface area contributed by atoms with Gasteiger partial charge >= 0.3 is 0 Å². The highest BCUT2D eigenvalue weighted by atomic mass is 16.5. The lowest BCUT2D eigenvalue weighted by atomic mass is 10.1. The molecule has 0 saturated carbocycles. The second-order valence-corrected chi connectivity index (χ2v) is 7.59. The Balaban J connectivity index is 1.71. The highest BCUT2D eigenvalue weighted by molar-refractivity contribution is 5.64. The van der Waals surface area contributed by atoms with Crippen LogP contribution in [0.5, 0.6) is 0 Å². The molecule has 0 aliphatic carbocycles. The van der Waals surface area contributed by atoms with E-state index < -0.39 is 0 Å². The van der Waals surface area contributed by atoms with Crippen molar-refractivity contribution in [1.82, 2.24) is 14.7 Å². The van der Waals surface area contributed by atoms with E-state index in [0.717, 1.165) is 37.6 Å². The number of benzene rings is 2. The van der Waals surface area contributed by atoms with Crippen molar-refractivity contribution in [3.8, 4) is 16.9 Å². The summed E-state index contributed by atoms with van der Waals surface area (Å²) in [7, 11) is 2.18. The summed E-state index contributed by atoms with van der Waals surface area (Å²) in [5, 5.41) is 4.96. The van der Waals surface area contributed by atoms with Crippen molar-refractivity contribution >= 4 is 0 Å². The van der Waals surface area contributed by atoms with Gasteiger partial charge in [-0.1, -0.05) is 41.5 Å². The summed E-state index contributed by atoms with van der Waals surface area (Å²) in [4.78, 5) is 2.39. The van der Waals surface area contributed by atoms with Gasteiger partial charge in [0, 0.05) is 36.5 Å². The number of hydrogen-bond donors (Lipinski definition) is 0. The van der Waals surface area contributed by atoms with Crippen LogP contribution in [-0.2, 0) is 11.3 Å². The van der Waals surface area contributed by atoms with Gasteiger partial charge in [0.2, 0.25) is 0 Å². The molecule has 0 radical (unpaired) electrons. The fourth-order valence-corrected chi connectivity index (χ4v) is 3.66. The number of nitrogens with zero attached hydrogens (tertiary/aromatic N) is 3. The average Bonchev–Trinajstić information content (AvgIpc) is 3.32. The molecular weight excluding hydrogens is 334 g/mol. The molecule has 2 aromatic carbocycles. The van der Waals surface area contributed by atoms with Crippen molar-refractivity contribution in [3.63, 3.8) is 0 Å². The van der Waals surface area contributed by atoms with Gasteiger partial charge in [-0.05, 0) is 45.5 Å². The van der Waals surface area contributed by atoms with Gasteiger partial charge in [-0.25, -0.2) is 4.68 Å². The quantitative estimate of drug-likeness (QED) is 0.676. The van der Waals surface area contributed by atoms with Crippen molar-refractivity contribution in [2.45, 2.75) is 32.9 Å². The first-order chi connectivity index (χ1) is 13.1. The smallest absolute Gasteiger partial charge is 0.0972 e. The summed E-state index contributed by atoms with van der Waals surface area (Å²) >= 11 is 0. The van der Waals surface area contributed by atoms with Crippen molar-refractivity contribution in [2.75, 3.05) is 20.3 Å². The molecule has 1 aliphatic rings. The minimum absolute atomic E-state index is 0.484. The van der Waals surface area contributed by atoms with E-state index in [1.54, 1.807) is 0 Å². The lowest BCUT2D eigenvalue weighted by Gasteiger charge is -2.22. The molecule has 27 heavy (non-hydrogen) atoms. The van der Waals surface area contributed by atoms with E-state index in [-0.39, 0.29) is 0 Å². The van der Waals surface area contributed by atoms with Gasteiger partial charge < -0.3 is 4.74 Å². The minimum Gasteiger partial charge on any atom is -0.380 e. The predicted molar refractivity (Wildman–Crippen MR) is 109 cm³/mol. The van der Waals surface area contributed by atoms with Gasteiger partial charge in [0.05, 0.1) is 18.0 Å². The number of likely N-dealkylation sites (N-methyl/N-ethyl adjacent to an activating group) is 1. The molecule has 1 saturated heterocycles. The summed E-state index contributed by atoms with van der Waals surface area (Å²) in [6.07, 6.45) is 3.27. The molecule has 2 heterocycles. The summed E-state index contributed by atoms with van der Waals surface area (Å²) in [6.45, 7) is 6.78. The summed E-state index contributed by atoms with van der Waals surface area (Å²) in [5.41, 5.74) is 7.08. The molecule has 4 nitrogen and oxygen atoms in total. The standard InChI is InChI=1S/C23H27N3O/c1-17-7-9-21(10-8-17)26-15-20(14-25(3)22-11-12-27-16-22)23(24-26)19-6-4-5-18(2)13-19/h4-10,13,15,22H,11-12,14,16H2,1-3H3/t22-/m1/s1. The Labute approximate surface area is 161 Å². The van der Waals surface area contributed by atoms with Crippen molar-refractivity contribution in [1.29, 1.82) is 0 Å². The third-order valence-electron chi connectivity index (χ3n) is 5.33. The second-order valence-electron chi connectivity index (χ2n) is 7.59. The van der Waals surface area contributed by atoms with E-state index in [0.29, 0.717) is 6.04 Å². The third kappa shape index (κ3) is 3.97. The average molecular weight is 361 g/mol. The summed E-state index contributed by atoms with van der Waals surface area (Å²) in [6, 6.07) is 17.6. The van der Waals surface area contributed by atoms with Crippen LogP contribution < -0.4 is 0 Å². The Morgan fingerprint density at radius 3 is 2.63 bits per heavy atom. The first kappa shape index (κ1) is 18.0. The molecule has 0 N–H and O–H groups in total.